The maximum atomic E-state index is 12.6. The van der Waals surface area contributed by atoms with Gasteiger partial charge < -0.3 is 10.4 Å². The van der Waals surface area contributed by atoms with E-state index in [4.69, 9.17) is 0 Å². The van der Waals surface area contributed by atoms with Crippen molar-refractivity contribution in [2.24, 2.45) is 7.05 Å². The molecule has 0 aliphatic heterocycles. The molecule has 0 saturated heterocycles. The predicted molar refractivity (Wildman–Crippen MR) is 96.4 cm³/mol. The molecule has 0 aliphatic rings. The van der Waals surface area contributed by atoms with Crippen LogP contribution in [0, 0.1) is 6.92 Å². The number of aliphatic hydroxyl groups is 1. The van der Waals surface area contributed by atoms with Crippen LogP contribution in [0.4, 0.5) is 0 Å². The SMILES string of the molecule is CCc1ccc(C(CO)NC(=O)c2cnc3c(c2)c(C)nn3C)cc1. The lowest BCUT2D eigenvalue weighted by Crippen LogP contribution is -2.30. The molecule has 0 aliphatic carbocycles. The van der Waals surface area contributed by atoms with Gasteiger partial charge >= 0.3 is 0 Å². The van der Waals surface area contributed by atoms with Gasteiger partial charge in [-0.2, -0.15) is 5.10 Å². The van der Waals surface area contributed by atoms with Crippen LogP contribution in [-0.4, -0.2) is 32.4 Å². The molecule has 130 valence electrons. The van der Waals surface area contributed by atoms with Gasteiger partial charge in [-0.05, 0) is 30.5 Å². The van der Waals surface area contributed by atoms with Gasteiger partial charge in [0.2, 0.25) is 0 Å². The maximum absolute atomic E-state index is 12.6. The molecule has 2 N–H and O–H groups in total. The lowest BCUT2D eigenvalue weighted by Gasteiger charge is -2.17. The van der Waals surface area contributed by atoms with Gasteiger partial charge in [0.1, 0.15) is 0 Å². The second kappa shape index (κ2) is 7.03. The van der Waals surface area contributed by atoms with Crippen molar-refractivity contribution in [2.75, 3.05) is 6.61 Å². The molecule has 0 saturated carbocycles. The third kappa shape index (κ3) is 3.39. The van der Waals surface area contributed by atoms with Crippen LogP contribution in [0.2, 0.25) is 0 Å². The summed E-state index contributed by atoms with van der Waals surface area (Å²) < 4.78 is 1.69. The van der Waals surface area contributed by atoms with Crippen LogP contribution in [0.1, 0.15) is 40.1 Å². The van der Waals surface area contributed by atoms with E-state index in [1.54, 1.807) is 10.7 Å². The van der Waals surface area contributed by atoms with Gasteiger partial charge in [0.05, 0.1) is 23.9 Å². The van der Waals surface area contributed by atoms with E-state index in [9.17, 15) is 9.90 Å². The number of aliphatic hydroxyl groups excluding tert-OH is 1. The summed E-state index contributed by atoms with van der Waals surface area (Å²) in [7, 11) is 1.82. The number of carbonyl (C=O) groups excluding carboxylic acids is 1. The number of nitrogens with zero attached hydrogens (tertiary/aromatic N) is 3. The van der Waals surface area contributed by atoms with Crippen molar-refractivity contribution in [1.29, 1.82) is 0 Å². The minimum atomic E-state index is -0.455. The van der Waals surface area contributed by atoms with Gasteiger partial charge in [-0.25, -0.2) is 4.98 Å². The Morgan fingerprint density at radius 3 is 2.68 bits per heavy atom. The monoisotopic (exact) mass is 338 g/mol. The number of amides is 1. The summed E-state index contributed by atoms with van der Waals surface area (Å²) in [4.78, 5) is 16.9. The minimum Gasteiger partial charge on any atom is -0.394 e. The highest BCUT2D eigenvalue weighted by atomic mass is 16.3. The maximum Gasteiger partial charge on any atom is 0.253 e. The van der Waals surface area contributed by atoms with E-state index < -0.39 is 6.04 Å². The van der Waals surface area contributed by atoms with Crippen LogP contribution < -0.4 is 5.32 Å². The molecular formula is C19H22N4O2. The number of hydrogen-bond acceptors (Lipinski definition) is 4. The molecule has 2 aromatic heterocycles. The molecule has 0 radical (unpaired) electrons. The Labute approximate surface area is 146 Å². The molecule has 25 heavy (non-hydrogen) atoms. The predicted octanol–water partition coefficient (Wildman–Crippen LogP) is 2.30. The first-order valence-electron chi connectivity index (χ1n) is 8.33. The molecular weight excluding hydrogens is 316 g/mol. The van der Waals surface area contributed by atoms with Crippen molar-refractivity contribution in [3.63, 3.8) is 0 Å². The van der Waals surface area contributed by atoms with E-state index in [0.29, 0.717) is 5.56 Å². The Bertz CT molecular complexity index is 900. The number of pyridine rings is 1. The van der Waals surface area contributed by atoms with Crippen molar-refractivity contribution in [1.82, 2.24) is 20.1 Å². The number of benzene rings is 1. The van der Waals surface area contributed by atoms with Gasteiger partial charge in [-0.3, -0.25) is 9.48 Å². The summed E-state index contributed by atoms with van der Waals surface area (Å²) in [5, 5.41) is 17.7. The third-order valence-corrected chi connectivity index (χ3v) is 4.40. The molecule has 0 fully saturated rings. The summed E-state index contributed by atoms with van der Waals surface area (Å²) in [6.45, 7) is 3.81. The molecule has 6 heteroatoms. The number of aryl methyl sites for hydroxylation is 3. The van der Waals surface area contributed by atoms with Crippen molar-refractivity contribution in [3.05, 3.63) is 58.9 Å². The third-order valence-electron chi connectivity index (χ3n) is 4.40. The number of rotatable bonds is 5. The molecule has 1 unspecified atom stereocenters. The van der Waals surface area contributed by atoms with Gasteiger partial charge in [-0.15, -0.1) is 0 Å². The van der Waals surface area contributed by atoms with Crippen molar-refractivity contribution in [3.8, 4) is 0 Å². The molecule has 3 rings (SSSR count). The number of carbonyl (C=O) groups is 1. The lowest BCUT2D eigenvalue weighted by molar-refractivity contribution is 0.0916. The Hall–Kier alpha value is -2.73. The number of fused-ring (bicyclic) bond motifs is 1. The minimum absolute atomic E-state index is 0.168. The van der Waals surface area contributed by atoms with Gasteiger partial charge in [0, 0.05) is 18.6 Å². The largest absolute Gasteiger partial charge is 0.394 e. The number of nitrogens with one attached hydrogen (secondary N) is 1. The highest BCUT2D eigenvalue weighted by Crippen LogP contribution is 2.18. The molecule has 1 amide bonds. The summed E-state index contributed by atoms with van der Waals surface area (Å²) in [6, 6.07) is 9.23. The van der Waals surface area contributed by atoms with E-state index >= 15 is 0 Å². The standard InChI is InChI=1S/C19H22N4O2/c1-4-13-5-7-14(8-6-13)17(11-24)21-19(25)15-9-16-12(2)22-23(3)18(16)20-10-15/h5-10,17,24H,4,11H2,1-3H3,(H,21,25). The quantitative estimate of drug-likeness (QED) is 0.748. The zero-order valence-electron chi connectivity index (χ0n) is 14.7. The summed E-state index contributed by atoms with van der Waals surface area (Å²) in [6.07, 6.45) is 2.49. The highest BCUT2D eigenvalue weighted by Gasteiger charge is 2.17. The topological polar surface area (TPSA) is 80.0 Å². The van der Waals surface area contributed by atoms with E-state index in [-0.39, 0.29) is 12.5 Å². The average molecular weight is 338 g/mol. The average Bonchev–Trinajstić information content (AvgIpc) is 2.93. The fourth-order valence-corrected chi connectivity index (χ4v) is 2.89. The molecule has 0 bridgehead atoms. The second-order valence-electron chi connectivity index (χ2n) is 6.11. The number of hydrogen-bond donors (Lipinski definition) is 2. The zero-order valence-corrected chi connectivity index (χ0v) is 14.7. The summed E-state index contributed by atoms with van der Waals surface area (Å²) in [5.41, 5.74) is 4.11. The fraction of sp³-hybridized carbons (Fsp3) is 0.316. The summed E-state index contributed by atoms with van der Waals surface area (Å²) in [5.74, 6) is -0.267. The Morgan fingerprint density at radius 2 is 2.04 bits per heavy atom. The van der Waals surface area contributed by atoms with Crippen LogP contribution in [-0.2, 0) is 13.5 Å². The normalized spacial score (nSPS) is 12.3. The molecule has 3 aromatic rings. The lowest BCUT2D eigenvalue weighted by atomic mass is 10.0. The smallest absolute Gasteiger partial charge is 0.253 e. The van der Waals surface area contributed by atoms with E-state index in [1.807, 2.05) is 38.2 Å². The van der Waals surface area contributed by atoms with Crippen LogP contribution in [0.5, 0.6) is 0 Å². The number of aromatic nitrogens is 3. The van der Waals surface area contributed by atoms with Crippen LogP contribution in [0.3, 0.4) is 0 Å². The Balaban J connectivity index is 1.83. The summed E-state index contributed by atoms with van der Waals surface area (Å²) >= 11 is 0. The van der Waals surface area contributed by atoms with Crippen LogP contribution in [0.25, 0.3) is 11.0 Å². The van der Waals surface area contributed by atoms with Crippen molar-refractivity contribution < 1.29 is 9.90 Å². The van der Waals surface area contributed by atoms with Gasteiger partial charge in [0.15, 0.2) is 5.65 Å². The first-order valence-corrected chi connectivity index (χ1v) is 8.33. The van der Waals surface area contributed by atoms with Crippen LogP contribution >= 0.6 is 0 Å². The Morgan fingerprint density at radius 1 is 1.32 bits per heavy atom. The first-order chi connectivity index (χ1) is 12.0. The highest BCUT2D eigenvalue weighted by molar-refractivity contribution is 5.97. The zero-order chi connectivity index (χ0) is 18.0. The van der Waals surface area contributed by atoms with Crippen molar-refractivity contribution in [2.45, 2.75) is 26.3 Å². The van der Waals surface area contributed by atoms with Gasteiger partial charge in [0.25, 0.3) is 5.91 Å². The fourth-order valence-electron chi connectivity index (χ4n) is 2.89. The molecule has 1 atom stereocenters. The first kappa shape index (κ1) is 17.1. The van der Waals surface area contributed by atoms with E-state index in [2.05, 4.69) is 22.3 Å². The van der Waals surface area contributed by atoms with E-state index in [1.165, 1.54) is 11.8 Å². The molecule has 2 heterocycles. The molecule has 0 spiro atoms. The molecule has 1 aromatic carbocycles. The molecule has 6 nitrogen and oxygen atoms in total. The van der Waals surface area contributed by atoms with E-state index in [0.717, 1.165) is 28.7 Å². The second-order valence-corrected chi connectivity index (χ2v) is 6.11. The van der Waals surface area contributed by atoms with Crippen LogP contribution in [0.15, 0.2) is 36.5 Å². The van der Waals surface area contributed by atoms with Gasteiger partial charge in [-0.1, -0.05) is 31.2 Å². The van der Waals surface area contributed by atoms with Crippen molar-refractivity contribution >= 4 is 16.9 Å². The Kier molecular flexibility index (Phi) is 4.81.